The van der Waals surface area contributed by atoms with Gasteiger partial charge >= 0.3 is 0 Å². The minimum Gasteiger partial charge on any atom is -0.381 e. The Morgan fingerprint density at radius 3 is 2.62 bits per heavy atom. The van der Waals surface area contributed by atoms with Gasteiger partial charge in [0.15, 0.2) is 0 Å². The number of nitrogens with one attached hydrogen (secondary N) is 1. The second-order valence-electron chi connectivity index (χ2n) is 7.44. The Morgan fingerprint density at radius 2 is 1.85 bits per heavy atom. The highest BCUT2D eigenvalue weighted by Gasteiger charge is 2.35. The number of aryl methyl sites for hydroxylation is 1. The molecule has 2 aromatic rings. The van der Waals surface area contributed by atoms with Crippen LogP contribution in [0.4, 0.5) is 5.69 Å². The summed E-state index contributed by atoms with van der Waals surface area (Å²) in [5.74, 6) is 0.397. The van der Waals surface area contributed by atoms with Crippen molar-refractivity contribution in [2.45, 2.75) is 48.4 Å². The number of likely N-dealkylation sites (tertiary alicyclic amines) is 1. The third kappa shape index (κ3) is 3.03. The molecular formula is C21H26N2O2S. The molecule has 0 radical (unpaired) electrons. The third-order valence-electron chi connectivity index (χ3n) is 5.82. The molecule has 1 fully saturated rings. The Morgan fingerprint density at radius 1 is 1.08 bits per heavy atom. The fourth-order valence-corrected chi connectivity index (χ4v) is 5.68. The van der Waals surface area contributed by atoms with Gasteiger partial charge in [0.2, 0.25) is 9.84 Å². The van der Waals surface area contributed by atoms with Crippen molar-refractivity contribution in [3.05, 3.63) is 53.6 Å². The average Bonchev–Trinajstić information content (AvgIpc) is 2.85. The summed E-state index contributed by atoms with van der Waals surface area (Å²) >= 11 is 0. The number of nitrogens with zero attached hydrogens (tertiary/aromatic N) is 1. The highest BCUT2D eigenvalue weighted by atomic mass is 32.2. The average molecular weight is 371 g/mol. The van der Waals surface area contributed by atoms with Gasteiger partial charge in [0.05, 0.1) is 9.79 Å². The summed E-state index contributed by atoms with van der Waals surface area (Å²) in [7, 11) is -3.48. The van der Waals surface area contributed by atoms with E-state index in [0.29, 0.717) is 21.8 Å². The van der Waals surface area contributed by atoms with Crippen LogP contribution in [0.5, 0.6) is 0 Å². The van der Waals surface area contributed by atoms with Crippen molar-refractivity contribution in [3.63, 3.8) is 0 Å². The van der Waals surface area contributed by atoms with Gasteiger partial charge in [-0.1, -0.05) is 19.1 Å². The molecule has 5 heteroatoms. The van der Waals surface area contributed by atoms with Crippen molar-refractivity contribution >= 4 is 15.5 Å². The van der Waals surface area contributed by atoms with Crippen LogP contribution in [-0.4, -0.2) is 39.0 Å². The lowest BCUT2D eigenvalue weighted by atomic mass is 9.91. The van der Waals surface area contributed by atoms with Gasteiger partial charge in [-0.05, 0) is 74.3 Å². The van der Waals surface area contributed by atoms with E-state index in [4.69, 9.17) is 0 Å². The first-order valence-corrected chi connectivity index (χ1v) is 10.9. The van der Waals surface area contributed by atoms with Crippen LogP contribution in [0, 0.1) is 6.92 Å². The molecule has 0 aliphatic carbocycles. The minimum atomic E-state index is -3.48. The molecule has 26 heavy (non-hydrogen) atoms. The lowest BCUT2D eigenvalue weighted by Gasteiger charge is -2.17. The van der Waals surface area contributed by atoms with Gasteiger partial charge in [0.1, 0.15) is 0 Å². The first-order chi connectivity index (χ1) is 12.5. The van der Waals surface area contributed by atoms with Crippen molar-refractivity contribution in [2.75, 3.05) is 25.0 Å². The van der Waals surface area contributed by atoms with E-state index < -0.39 is 9.84 Å². The van der Waals surface area contributed by atoms with E-state index in [9.17, 15) is 8.42 Å². The van der Waals surface area contributed by atoms with Crippen LogP contribution in [0.25, 0.3) is 0 Å². The van der Waals surface area contributed by atoms with E-state index in [1.54, 1.807) is 24.3 Å². The van der Waals surface area contributed by atoms with E-state index in [-0.39, 0.29) is 0 Å². The molecule has 2 aliphatic rings. The van der Waals surface area contributed by atoms with Crippen LogP contribution in [-0.2, 0) is 9.84 Å². The van der Waals surface area contributed by atoms with Crippen molar-refractivity contribution in [1.29, 1.82) is 0 Å². The molecule has 0 aromatic heterocycles. The molecule has 1 N–H and O–H groups in total. The molecule has 2 aliphatic heterocycles. The van der Waals surface area contributed by atoms with Gasteiger partial charge in [-0.2, -0.15) is 0 Å². The summed E-state index contributed by atoms with van der Waals surface area (Å²) in [5, 5.41) is 3.63. The predicted molar refractivity (Wildman–Crippen MR) is 105 cm³/mol. The smallest absolute Gasteiger partial charge is 0.206 e. The summed E-state index contributed by atoms with van der Waals surface area (Å²) in [6.07, 6.45) is 2.18. The summed E-state index contributed by atoms with van der Waals surface area (Å²) in [4.78, 5) is 3.26. The first kappa shape index (κ1) is 17.6. The van der Waals surface area contributed by atoms with Crippen LogP contribution in [0.15, 0.2) is 52.3 Å². The SMILES string of the molecule is CCN1CC[C@H]2Nc3ccc(S(=O)(=O)c4cccc(C)c4)cc3[C@@H]2CC1. The van der Waals surface area contributed by atoms with Crippen LogP contribution in [0.2, 0.25) is 0 Å². The highest BCUT2D eigenvalue weighted by molar-refractivity contribution is 7.91. The summed E-state index contributed by atoms with van der Waals surface area (Å²) < 4.78 is 26.2. The summed E-state index contributed by atoms with van der Waals surface area (Å²) in [6, 6.07) is 13.2. The Bertz CT molecular complexity index is 923. The number of rotatable bonds is 3. The number of hydrogen-bond donors (Lipinski definition) is 1. The zero-order chi connectivity index (χ0) is 18.3. The third-order valence-corrected chi connectivity index (χ3v) is 7.57. The number of hydrogen-bond acceptors (Lipinski definition) is 4. The van der Waals surface area contributed by atoms with Gasteiger partial charge in [-0.3, -0.25) is 0 Å². The predicted octanol–water partition coefficient (Wildman–Crippen LogP) is 3.82. The van der Waals surface area contributed by atoms with Crippen LogP contribution < -0.4 is 5.32 Å². The summed E-state index contributed by atoms with van der Waals surface area (Å²) in [6.45, 7) is 7.38. The van der Waals surface area contributed by atoms with Gasteiger partial charge in [0.25, 0.3) is 0 Å². The zero-order valence-electron chi connectivity index (χ0n) is 15.4. The van der Waals surface area contributed by atoms with E-state index in [0.717, 1.165) is 43.7 Å². The first-order valence-electron chi connectivity index (χ1n) is 9.43. The molecule has 4 rings (SSSR count). The van der Waals surface area contributed by atoms with Crippen LogP contribution >= 0.6 is 0 Å². The zero-order valence-corrected chi connectivity index (χ0v) is 16.2. The largest absolute Gasteiger partial charge is 0.381 e. The molecule has 4 nitrogen and oxygen atoms in total. The Labute approximate surface area is 156 Å². The lowest BCUT2D eigenvalue weighted by molar-refractivity contribution is 0.298. The molecular weight excluding hydrogens is 344 g/mol. The van der Waals surface area contributed by atoms with Crippen LogP contribution in [0.3, 0.4) is 0 Å². The molecule has 0 spiro atoms. The van der Waals surface area contributed by atoms with Gasteiger partial charge in [-0.15, -0.1) is 0 Å². The van der Waals surface area contributed by atoms with Gasteiger partial charge in [0, 0.05) is 24.2 Å². The molecule has 1 saturated heterocycles. The van der Waals surface area contributed by atoms with E-state index >= 15 is 0 Å². The molecule has 0 bridgehead atoms. The number of anilines is 1. The number of benzene rings is 2. The molecule has 0 unspecified atom stereocenters. The second kappa shape index (κ2) is 6.71. The maximum atomic E-state index is 13.1. The van der Waals surface area contributed by atoms with E-state index in [1.165, 1.54) is 5.56 Å². The lowest BCUT2D eigenvalue weighted by Crippen LogP contribution is -2.25. The van der Waals surface area contributed by atoms with Gasteiger partial charge in [-0.25, -0.2) is 8.42 Å². The quantitative estimate of drug-likeness (QED) is 0.892. The molecule has 2 atom stereocenters. The standard InChI is InChI=1S/C21H26N2O2S/c1-3-23-11-9-18-19-14-17(7-8-20(19)22-21(18)10-12-23)26(24,25)16-6-4-5-15(2)13-16/h4-8,13-14,18,21-22H,3,9-12H2,1-2H3/t18-,21+/m0/s1. The Kier molecular flexibility index (Phi) is 4.53. The van der Waals surface area contributed by atoms with Crippen molar-refractivity contribution in [2.24, 2.45) is 0 Å². The summed E-state index contributed by atoms with van der Waals surface area (Å²) in [5.41, 5.74) is 3.23. The fraction of sp³-hybridized carbons (Fsp3) is 0.429. The molecule has 0 amide bonds. The van der Waals surface area contributed by atoms with Crippen molar-refractivity contribution < 1.29 is 8.42 Å². The number of sulfone groups is 1. The molecule has 2 heterocycles. The monoisotopic (exact) mass is 370 g/mol. The van der Waals surface area contributed by atoms with Crippen LogP contribution in [0.1, 0.15) is 36.8 Å². The van der Waals surface area contributed by atoms with E-state index in [2.05, 4.69) is 17.1 Å². The van der Waals surface area contributed by atoms with Crippen molar-refractivity contribution in [3.8, 4) is 0 Å². The maximum absolute atomic E-state index is 13.1. The molecule has 0 saturated carbocycles. The number of fused-ring (bicyclic) bond motifs is 3. The van der Waals surface area contributed by atoms with Crippen molar-refractivity contribution in [1.82, 2.24) is 4.90 Å². The topological polar surface area (TPSA) is 49.4 Å². The molecule has 138 valence electrons. The Hall–Kier alpha value is -1.85. The normalized spacial score (nSPS) is 23.0. The van der Waals surface area contributed by atoms with E-state index in [1.807, 2.05) is 25.1 Å². The van der Waals surface area contributed by atoms with Gasteiger partial charge < -0.3 is 10.2 Å². The maximum Gasteiger partial charge on any atom is 0.206 e. The molecule has 2 aromatic carbocycles. The highest BCUT2D eigenvalue weighted by Crippen LogP contribution is 2.42. The second-order valence-corrected chi connectivity index (χ2v) is 9.39. The minimum absolute atomic E-state index is 0.373. The Balaban J connectivity index is 1.69. The fourth-order valence-electron chi connectivity index (χ4n) is 4.28.